The lowest BCUT2D eigenvalue weighted by Crippen LogP contribution is -2.33. The van der Waals surface area contributed by atoms with Gasteiger partial charge in [0.25, 0.3) is 0 Å². The molecule has 6 atom stereocenters. The molecule has 17 heteroatoms. The maximum Gasteiger partial charge on any atom is 0.472 e. The summed E-state index contributed by atoms with van der Waals surface area (Å²) in [5, 5.41) is 46.4. The van der Waals surface area contributed by atoms with E-state index in [9.17, 15) is 30.2 Å². The van der Waals surface area contributed by atoms with Crippen LogP contribution in [0.1, 0.15) is 133 Å². The average Bonchev–Trinajstić information content (AvgIpc) is 3.48. The third-order valence-corrected chi connectivity index (χ3v) is 11.9. The standard InChI is InChI=1S/C42H63N6O10P/c1-4-5-6-7-8-9-10-11-12-13-14-15-16-17-18-19-24-55-28-34(56-27-33-21-20-32(26-43)25-37(33)53-2)29-57-59(51,52)58-40-41(30-44,54-3)42(40,50)38(49)35-22-23-36-39(45)46-31-47-48(35)36/h20-23,25,31,34,38,40,49-50H,4-19,24,27-29H2,1-3H3,(H,51,52)(H2,45,46,47)/t34-,38?,40-,41+,42+/m0/s1. The van der Waals surface area contributed by atoms with E-state index in [0.717, 1.165) is 32.7 Å². The van der Waals surface area contributed by atoms with Crippen LogP contribution >= 0.6 is 7.82 Å². The molecule has 0 aliphatic heterocycles. The minimum Gasteiger partial charge on any atom is -0.496 e. The highest BCUT2D eigenvalue weighted by Crippen LogP contribution is 2.64. The second-order valence-electron chi connectivity index (χ2n) is 15.2. The van der Waals surface area contributed by atoms with Gasteiger partial charge in [0.2, 0.25) is 5.60 Å². The minimum atomic E-state index is -5.05. The monoisotopic (exact) mass is 842 g/mol. The van der Waals surface area contributed by atoms with Crippen molar-refractivity contribution in [1.29, 1.82) is 10.5 Å². The number of phosphoric acid groups is 1. The highest BCUT2D eigenvalue weighted by atomic mass is 31.2. The third kappa shape index (κ3) is 12.9. The van der Waals surface area contributed by atoms with Crippen LogP contribution in [0, 0.1) is 22.7 Å². The fraction of sp³-hybridized carbons (Fsp3) is 0.667. The van der Waals surface area contributed by atoms with Crippen molar-refractivity contribution in [3.8, 4) is 17.9 Å². The number of hydrogen-bond acceptors (Lipinski definition) is 14. The first-order chi connectivity index (χ1) is 28.5. The van der Waals surface area contributed by atoms with Gasteiger partial charge in [-0.3, -0.25) is 9.05 Å². The van der Waals surface area contributed by atoms with Crippen molar-refractivity contribution in [3.63, 3.8) is 0 Å². The fourth-order valence-corrected chi connectivity index (χ4v) is 8.38. The van der Waals surface area contributed by atoms with Crippen LogP contribution in [0.3, 0.4) is 0 Å². The zero-order valence-corrected chi connectivity index (χ0v) is 35.7. The lowest BCUT2D eigenvalue weighted by molar-refractivity contribution is -0.0675. The molecular weight excluding hydrogens is 779 g/mol. The number of benzene rings is 1. The summed E-state index contributed by atoms with van der Waals surface area (Å²) in [6.07, 6.45) is 16.7. The molecule has 2 unspecified atom stereocenters. The number of aromatic nitrogens is 3. The Kier molecular flexibility index (Phi) is 19.5. The van der Waals surface area contributed by atoms with E-state index in [1.54, 1.807) is 24.3 Å². The number of nitrogen functional groups attached to an aromatic ring is 1. The Labute approximate surface area is 348 Å². The van der Waals surface area contributed by atoms with Crippen molar-refractivity contribution in [1.82, 2.24) is 14.6 Å². The summed E-state index contributed by atoms with van der Waals surface area (Å²) < 4.78 is 48.0. The van der Waals surface area contributed by atoms with Gasteiger partial charge in [0, 0.05) is 19.3 Å². The van der Waals surface area contributed by atoms with Crippen LogP contribution in [-0.4, -0.2) is 87.2 Å². The first-order valence-corrected chi connectivity index (χ1v) is 22.4. The molecular formula is C42H63N6O10P. The van der Waals surface area contributed by atoms with Crippen molar-refractivity contribution in [2.24, 2.45) is 0 Å². The van der Waals surface area contributed by atoms with Crippen LogP contribution < -0.4 is 10.5 Å². The van der Waals surface area contributed by atoms with Gasteiger partial charge in [0.05, 0.1) is 44.3 Å². The summed E-state index contributed by atoms with van der Waals surface area (Å²) >= 11 is 0. The van der Waals surface area contributed by atoms with E-state index < -0.39 is 43.9 Å². The normalized spacial score (nSPS) is 20.8. The van der Waals surface area contributed by atoms with Crippen LogP contribution in [0.2, 0.25) is 0 Å². The number of aliphatic hydroxyl groups is 2. The van der Waals surface area contributed by atoms with Gasteiger partial charge in [0.15, 0.2) is 17.5 Å². The van der Waals surface area contributed by atoms with Gasteiger partial charge < -0.3 is 39.8 Å². The van der Waals surface area contributed by atoms with Gasteiger partial charge in [-0.15, -0.1) is 0 Å². The van der Waals surface area contributed by atoms with Crippen molar-refractivity contribution < 1.29 is 47.7 Å². The molecule has 1 fully saturated rings. The van der Waals surface area contributed by atoms with Crippen molar-refractivity contribution in [2.45, 2.75) is 146 Å². The molecule has 59 heavy (non-hydrogen) atoms. The van der Waals surface area contributed by atoms with Crippen molar-refractivity contribution >= 4 is 19.2 Å². The molecule has 0 amide bonds. The maximum atomic E-state index is 13.4. The molecule has 16 nitrogen and oxygen atoms in total. The Morgan fingerprint density at radius 2 is 1.56 bits per heavy atom. The molecule has 2 aromatic heterocycles. The number of ether oxygens (including phenoxy) is 4. The van der Waals surface area contributed by atoms with E-state index >= 15 is 0 Å². The smallest absolute Gasteiger partial charge is 0.472 e. The molecule has 0 spiro atoms. The summed E-state index contributed by atoms with van der Waals surface area (Å²) in [5.74, 6) is 0.529. The van der Waals surface area contributed by atoms with Crippen LogP contribution in [0.5, 0.6) is 5.75 Å². The first-order valence-electron chi connectivity index (χ1n) is 20.9. The molecule has 0 saturated heterocycles. The van der Waals surface area contributed by atoms with E-state index in [0.29, 0.717) is 29.0 Å². The number of methoxy groups -OCH3 is 2. The van der Waals surface area contributed by atoms with Gasteiger partial charge >= 0.3 is 7.82 Å². The Morgan fingerprint density at radius 3 is 2.14 bits per heavy atom. The Bertz CT molecular complexity index is 1870. The van der Waals surface area contributed by atoms with Crippen molar-refractivity contribution in [2.75, 3.05) is 39.8 Å². The maximum absolute atomic E-state index is 13.4. The molecule has 326 valence electrons. The topological polar surface area (TPSA) is 237 Å². The van der Waals surface area contributed by atoms with E-state index in [2.05, 4.69) is 23.1 Å². The molecule has 3 aromatic rings. The molecule has 1 aliphatic carbocycles. The Morgan fingerprint density at radius 1 is 0.932 bits per heavy atom. The lowest BCUT2D eigenvalue weighted by Gasteiger charge is -2.21. The van der Waals surface area contributed by atoms with Gasteiger partial charge in [-0.05, 0) is 30.7 Å². The van der Waals surface area contributed by atoms with E-state index in [-0.39, 0.29) is 24.7 Å². The molecule has 1 saturated carbocycles. The molecule has 4 rings (SSSR count). The average molecular weight is 843 g/mol. The number of unbranched alkanes of at least 4 members (excludes halogenated alkanes) is 15. The predicted octanol–water partition coefficient (Wildman–Crippen LogP) is 7.24. The predicted molar refractivity (Wildman–Crippen MR) is 220 cm³/mol. The molecule has 2 heterocycles. The summed E-state index contributed by atoms with van der Waals surface area (Å²) in [4.78, 5) is 14.8. The number of fused-ring (bicyclic) bond motifs is 1. The number of rotatable bonds is 31. The van der Waals surface area contributed by atoms with E-state index in [1.807, 2.05) is 0 Å². The number of phosphoric ester groups is 1. The lowest BCUT2D eigenvalue weighted by atomic mass is 10.0. The zero-order valence-electron chi connectivity index (χ0n) is 34.8. The fourth-order valence-electron chi connectivity index (χ4n) is 7.39. The summed E-state index contributed by atoms with van der Waals surface area (Å²) in [6, 6.07) is 11.6. The quantitative estimate of drug-likeness (QED) is 0.0369. The van der Waals surface area contributed by atoms with E-state index in [1.165, 1.54) is 107 Å². The van der Waals surface area contributed by atoms with Crippen LogP contribution in [-0.2, 0) is 34.4 Å². The highest BCUT2D eigenvalue weighted by Gasteiger charge is 2.85. The number of nitriles is 2. The first kappa shape index (κ1) is 48.0. The van der Waals surface area contributed by atoms with Crippen LogP contribution in [0.15, 0.2) is 36.7 Å². The highest BCUT2D eigenvalue weighted by molar-refractivity contribution is 7.47. The third-order valence-electron chi connectivity index (χ3n) is 11.0. The molecule has 5 N–H and O–H groups in total. The molecule has 0 radical (unpaired) electrons. The van der Waals surface area contributed by atoms with Gasteiger partial charge in [-0.2, -0.15) is 15.6 Å². The number of hydrogen-bond donors (Lipinski definition) is 4. The SMILES string of the molecule is CCCCCCCCCCCCCCCCCCOC[C@@H](COP(=O)(O)O[C@@H]1[C@](O)(C(O)c2ccc3c(N)ncnn23)[C@]1(C#N)OC)OCc1ccc(C#N)cc1OC. The summed E-state index contributed by atoms with van der Waals surface area (Å²) in [6.45, 7) is 2.23. The Balaban J connectivity index is 1.26. The van der Waals surface area contributed by atoms with Crippen molar-refractivity contribution in [3.05, 3.63) is 53.5 Å². The number of aliphatic hydroxyl groups excluding tert-OH is 1. The van der Waals surface area contributed by atoms with Gasteiger partial charge in [-0.25, -0.2) is 14.1 Å². The van der Waals surface area contributed by atoms with Crippen LogP contribution in [0.25, 0.3) is 5.52 Å². The van der Waals surface area contributed by atoms with E-state index in [4.69, 9.17) is 33.7 Å². The molecule has 0 bridgehead atoms. The van der Waals surface area contributed by atoms with Gasteiger partial charge in [-0.1, -0.05) is 109 Å². The Hall–Kier alpha value is -3.67. The minimum absolute atomic E-state index is 0.00116. The summed E-state index contributed by atoms with van der Waals surface area (Å²) in [5.41, 5.74) is 2.48. The largest absolute Gasteiger partial charge is 0.496 e. The number of nitrogens with two attached hydrogens (primary N) is 1. The second kappa shape index (κ2) is 23.9. The zero-order chi connectivity index (χ0) is 42.7. The number of anilines is 1. The number of nitrogens with zero attached hydrogens (tertiary/aromatic N) is 5. The van der Waals surface area contributed by atoms with Crippen LogP contribution in [0.4, 0.5) is 5.82 Å². The van der Waals surface area contributed by atoms with Gasteiger partial charge in [0.1, 0.15) is 35.9 Å². The molecule has 1 aromatic carbocycles. The second-order valence-corrected chi connectivity index (χ2v) is 16.6. The summed E-state index contributed by atoms with van der Waals surface area (Å²) in [7, 11) is -2.48. The molecule has 1 aliphatic rings.